The fourth-order valence-electron chi connectivity index (χ4n) is 2.00. The van der Waals surface area contributed by atoms with Crippen LogP contribution in [0.15, 0.2) is 18.2 Å². The summed E-state index contributed by atoms with van der Waals surface area (Å²) in [5, 5.41) is 0. The van der Waals surface area contributed by atoms with E-state index in [0.29, 0.717) is 12.4 Å². The van der Waals surface area contributed by atoms with Crippen LogP contribution in [0.1, 0.15) is 12.5 Å². The Bertz CT molecular complexity index is 448. The van der Waals surface area contributed by atoms with Crippen molar-refractivity contribution in [3.05, 3.63) is 23.8 Å². The van der Waals surface area contributed by atoms with Crippen molar-refractivity contribution in [1.29, 1.82) is 0 Å². The number of ether oxygens (including phenoxy) is 1. The lowest BCUT2D eigenvalue weighted by Crippen LogP contribution is -2.47. The molecule has 0 aliphatic carbocycles. The van der Waals surface area contributed by atoms with Crippen LogP contribution in [0.25, 0.3) is 0 Å². The highest BCUT2D eigenvalue weighted by Crippen LogP contribution is 2.37. The normalized spacial score (nSPS) is 18.9. The minimum absolute atomic E-state index is 0.0731. The van der Waals surface area contributed by atoms with Gasteiger partial charge in [-0.3, -0.25) is 4.79 Å². The summed E-state index contributed by atoms with van der Waals surface area (Å²) in [7, 11) is 0. The van der Waals surface area contributed by atoms with Gasteiger partial charge in [-0.1, -0.05) is 35.3 Å². The highest BCUT2D eigenvalue weighted by molar-refractivity contribution is 6.54. The van der Waals surface area contributed by atoms with E-state index in [1.54, 1.807) is 4.90 Å². The number of halogens is 2. The van der Waals surface area contributed by atoms with Gasteiger partial charge < -0.3 is 9.64 Å². The Kier molecular flexibility index (Phi) is 3.50. The number of benzene rings is 1. The minimum atomic E-state index is -1.05. The second-order valence-corrected chi connectivity index (χ2v) is 5.19. The lowest BCUT2D eigenvalue weighted by atomic mass is 10.1. The van der Waals surface area contributed by atoms with Crippen molar-refractivity contribution in [1.82, 2.24) is 0 Å². The maximum Gasteiger partial charge on any atom is 0.260 e. The van der Waals surface area contributed by atoms with Gasteiger partial charge in [-0.2, -0.15) is 0 Å². The van der Waals surface area contributed by atoms with E-state index in [1.807, 2.05) is 32.0 Å². The first-order chi connectivity index (χ1) is 8.02. The summed E-state index contributed by atoms with van der Waals surface area (Å²) in [6.45, 7) is 4.28. The first-order valence-electron chi connectivity index (χ1n) is 5.36. The molecule has 1 aromatic carbocycles. The molecule has 3 nitrogen and oxygen atoms in total. The Balaban J connectivity index is 2.50. The Labute approximate surface area is 110 Å². The van der Waals surface area contributed by atoms with Crippen molar-refractivity contribution in [2.24, 2.45) is 0 Å². The number of fused-ring (bicyclic) bond motifs is 1. The van der Waals surface area contributed by atoms with Gasteiger partial charge in [0.1, 0.15) is 12.4 Å². The average Bonchev–Trinajstić information content (AvgIpc) is 2.29. The zero-order chi connectivity index (χ0) is 12.6. The third-order valence-corrected chi connectivity index (χ3v) is 3.16. The molecule has 1 amide bonds. The third-order valence-electron chi connectivity index (χ3n) is 2.79. The fourth-order valence-corrected chi connectivity index (χ4v) is 2.21. The number of rotatable bonds is 1. The number of para-hydroxylation sites is 1. The molecule has 0 spiro atoms. The second-order valence-electron chi connectivity index (χ2n) is 4.09. The van der Waals surface area contributed by atoms with Crippen LogP contribution < -0.4 is 9.64 Å². The molecule has 1 aliphatic rings. The van der Waals surface area contributed by atoms with E-state index in [-0.39, 0.29) is 11.9 Å². The molecule has 5 heteroatoms. The molecule has 17 heavy (non-hydrogen) atoms. The van der Waals surface area contributed by atoms with Crippen LogP contribution in [0.4, 0.5) is 5.69 Å². The molecule has 0 bridgehead atoms. The molecule has 0 saturated carbocycles. The van der Waals surface area contributed by atoms with E-state index in [4.69, 9.17) is 27.9 Å². The number of aryl methyl sites for hydroxylation is 1. The summed E-state index contributed by atoms with van der Waals surface area (Å²) < 4.78 is 5.60. The Morgan fingerprint density at radius 1 is 1.53 bits per heavy atom. The molecule has 92 valence electrons. The standard InChI is InChI=1S/C12H13Cl2NO2/c1-7-4-3-5-9-10(7)15(8(2)6-17-9)12(16)11(13)14/h3-5,8,11H,6H2,1-2H3. The Morgan fingerprint density at radius 3 is 2.88 bits per heavy atom. The SMILES string of the molecule is Cc1cccc2c1N(C(=O)C(Cl)Cl)C(C)CO2. The number of alkyl halides is 2. The maximum atomic E-state index is 12.0. The Morgan fingerprint density at radius 2 is 2.24 bits per heavy atom. The van der Waals surface area contributed by atoms with Gasteiger partial charge >= 0.3 is 0 Å². The molecule has 0 N–H and O–H groups in total. The predicted molar refractivity (Wildman–Crippen MR) is 69.1 cm³/mol. The smallest absolute Gasteiger partial charge is 0.260 e. The molecule has 1 atom stereocenters. The molecule has 1 aliphatic heterocycles. The number of carbonyl (C=O) groups is 1. The summed E-state index contributed by atoms with van der Waals surface area (Å²) in [6, 6.07) is 5.59. The number of hydrogen-bond donors (Lipinski definition) is 0. The Hall–Kier alpha value is -0.930. The molecule has 2 rings (SSSR count). The topological polar surface area (TPSA) is 29.5 Å². The van der Waals surface area contributed by atoms with E-state index in [2.05, 4.69) is 0 Å². The van der Waals surface area contributed by atoms with Gasteiger partial charge in [-0.25, -0.2) is 0 Å². The molecular weight excluding hydrogens is 261 g/mol. The maximum absolute atomic E-state index is 12.0. The minimum Gasteiger partial charge on any atom is -0.489 e. The van der Waals surface area contributed by atoms with Crippen molar-refractivity contribution in [3.8, 4) is 5.75 Å². The summed E-state index contributed by atoms with van der Waals surface area (Å²) in [5.41, 5.74) is 1.74. The number of amides is 1. The zero-order valence-electron chi connectivity index (χ0n) is 9.61. The van der Waals surface area contributed by atoms with E-state index in [0.717, 1.165) is 11.3 Å². The molecular formula is C12H13Cl2NO2. The number of hydrogen-bond acceptors (Lipinski definition) is 2. The van der Waals surface area contributed by atoms with Crippen molar-refractivity contribution in [2.45, 2.75) is 24.7 Å². The van der Waals surface area contributed by atoms with Gasteiger partial charge in [0.25, 0.3) is 5.91 Å². The first-order valence-corrected chi connectivity index (χ1v) is 6.23. The summed E-state index contributed by atoms with van der Waals surface area (Å²) in [6.07, 6.45) is 0. The van der Waals surface area contributed by atoms with E-state index in [1.165, 1.54) is 0 Å². The lowest BCUT2D eigenvalue weighted by molar-refractivity contribution is -0.117. The number of nitrogens with zero attached hydrogens (tertiary/aromatic N) is 1. The molecule has 1 unspecified atom stereocenters. The predicted octanol–water partition coefficient (Wildman–Crippen LogP) is 2.91. The van der Waals surface area contributed by atoms with Gasteiger partial charge in [0.2, 0.25) is 0 Å². The quantitative estimate of drug-likeness (QED) is 0.737. The van der Waals surface area contributed by atoms with Crippen molar-refractivity contribution in [3.63, 3.8) is 0 Å². The summed E-state index contributed by atoms with van der Waals surface area (Å²) >= 11 is 11.4. The highest BCUT2D eigenvalue weighted by atomic mass is 35.5. The van der Waals surface area contributed by atoms with Gasteiger partial charge in [0.15, 0.2) is 4.84 Å². The number of carbonyl (C=O) groups excluding carboxylic acids is 1. The lowest BCUT2D eigenvalue weighted by Gasteiger charge is -2.36. The van der Waals surface area contributed by atoms with Gasteiger partial charge in [-0.15, -0.1) is 0 Å². The van der Waals surface area contributed by atoms with Crippen molar-refractivity contribution >= 4 is 34.8 Å². The van der Waals surface area contributed by atoms with Crippen LogP contribution in [0.2, 0.25) is 0 Å². The largest absolute Gasteiger partial charge is 0.489 e. The molecule has 1 heterocycles. The molecule has 0 radical (unpaired) electrons. The number of anilines is 1. The van der Waals surface area contributed by atoms with Crippen LogP contribution in [-0.2, 0) is 4.79 Å². The summed E-state index contributed by atoms with van der Waals surface area (Å²) in [4.78, 5) is 12.6. The van der Waals surface area contributed by atoms with Gasteiger partial charge in [0.05, 0.1) is 11.7 Å². The van der Waals surface area contributed by atoms with E-state index >= 15 is 0 Å². The van der Waals surface area contributed by atoms with Crippen LogP contribution in [0.3, 0.4) is 0 Å². The van der Waals surface area contributed by atoms with Gasteiger partial charge in [-0.05, 0) is 25.5 Å². The average molecular weight is 274 g/mol. The van der Waals surface area contributed by atoms with Crippen LogP contribution >= 0.6 is 23.2 Å². The first kappa shape index (κ1) is 12.5. The van der Waals surface area contributed by atoms with Crippen molar-refractivity contribution < 1.29 is 9.53 Å². The summed E-state index contributed by atoms with van der Waals surface area (Å²) in [5.74, 6) is 0.394. The van der Waals surface area contributed by atoms with Crippen LogP contribution in [0, 0.1) is 6.92 Å². The van der Waals surface area contributed by atoms with Crippen LogP contribution in [0.5, 0.6) is 5.75 Å². The van der Waals surface area contributed by atoms with E-state index in [9.17, 15) is 4.79 Å². The molecule has 0 fully saturated rings. The van der Waals surface area contributed by atoms with E-state index < -0.39 is 4.84 Å². The van der Waals surface area contributed by atoms with Gasteiger partial charge in [0, 0.05) is 0 Å². The van der Waals surface area contributed by atoms with Crippen molar-refractivity contribution in [2.75, 3.05) is 11.5 Å². The molecule has 0 saturated heterocycles. The van der Waals surface area contributed by atoms with Crippen LogP contribution in [-0.4, -0.2) is 23.4 Å². The highest BCUT2D eigenvalue weighted by Gasteiger charge is 2.33. The molecule has 1 aromatic rings. The fraction of sp³-hybridized carbons (Fsp3) is 0.417. The zero-order valence-corrected chi connectivity index (χ0v) is 11.1. The second kappa shape index (κ2) is 4.75. The monoisotopic (exact) mass is 273 g/mol. The third kappa shape index (κ3) is 2.22. The molecule has 0 aromatic heterocycles.